The van der Waals surface area contributed by atoms with E-state index in [9.17, 15) is 0 Å². The summed E-state index contributed by atoms with van der Waals surface area (Å²) in [7, 11) is 0. The molecule has 0 bridgehead atoms. The zero-order valence-electron chi connectivity index (χ0n) is 10.3. The molecule has 0 aliphatic rings. The normalized spacial score (nSPS) is 11.2. The van der Waals surface area contributed by atoms with Gasteiger partial charge in [0.2, 0.25) is 0 Å². The molecular weight excluding hydrogens is 198 g/mol. The smallest absolute Gasteiger partial charge is 0.134 e. The van der Waals surface area contributed by atoms with Crippen molar-refractivity contribution >= 4 is 11.0 Å². The van der Waals surface area contributed by atoms with Crippen LogP contribution in [0, 0.1) is 6.92 Å². The van der Waals surface area contributed by atoms with Crippen LogP contribution in [0.4, 0.5) is 0 Å². The van der Waals surface area contributed by atoms with E-state index in [0.717, 1.165) is 30.9 Å². The number of hydrogen-bond donors (Lipinski definition) is 1. The monoisotopic (exact) mass is 217 g/mol. The van der Waals surface area contributed by atoms with Crippen molar-refractivity contribution in [1.29, 1.82) is 0 Å². The summed E-state index contributed by atoms with van der Waals surface area (Å²) in [5.41, 5.74) is 3.64. The summed E-state index contributed by atoms with van der Waals surface area (Å²) in [5, 5.41) is 4.56. The molecule has 86 valence electrons. The van der Waals surface area contributed by atoms with Crippen LogP contribution in [0.25, 0.3) is 11.0 Å². The molecule has 0 radical (unpaired) electrons. The average molecular weight is 217 g/mol. The lowest BCUT2D eigenvalue weighted by Crippen LogP contribution is -2.11. The van der Waals surface area contributed by atoms with Crippen LogP contribution >= 0.6 is 0 Å². The fourth-order valence-electron chi connectivity index (χ4n) is 1.95. The molecule has 1 N–H and O–H groups in total. The standard InChI is InChI=1S/C14H19NO/c1-4-11-6-7-13-12(8-11)10(3)14(16-13)9-15-5-2/h6-8,15H,4-5,9H2,1-3H3. The van der Waals surface area contributed by atoms with Crippen LogP contribution in [0.15, 0.2) is 22.6 Å². The number of furan rings is 1. The van der Waals surface area contributed by atoms with Crippen molar-refractivity contribution in [2.75, 3.05) is 6.54 Å². The highest BCUT2D eigenvalue weighted by molar-refractivity contribution is 5.82. The fourth-order valence-corrected chi connectivity index (χ4v) is 1.95. The maximum atomic E-state index is 5.84. The number of nitrogens with one attached hydrogen (secondary N) is 1. The Labute approximate surface area is 96.6 Å². The molecule has 0 atom stereocenters. The van der Waals surface area contributed by atoms with E-state index >= 15 is 0 Å². The third kappa shape index (κ3) is 1.98. The molecule has 0 spiro atoms. The van der Waals surface area contributed by atoms with Gasteiger partial charge in [0.1, 0.15) is 11.3 Å². The SMILES string of the molecule is CCNCc1oc2ccc(CC)cc2c1C. The summed E-state index contributed by atoms with van der Waals surface area (Å²) >= 11 is 0. The highest BCUT2D eigenvalue weighted by Crippen LogP contribution is 2.26. The molecule has 0 saturated heterocycles. The lowest BCUT2D eigenvalue weighted by molar-refractivity contribution is 0.516. The first-order valence-electron chi connectivity index (χ1n) is 5.97. The Morgan fingerprint density at radius 3 is 2.75 bits per heavy atom. The highest BCUT2D eigenvalue weighted by atomic mass is 16.3. The van der Waals surface area contributed by atoms with Gasteiger partial charge in [-0.15, -0.1) is 0 Å². The Morgan fingerprint density at radius 1 is 1.25 bits per heavy atom. The van der Waals surface area contributed by atoms with Gasteiger partial charge in [-0.05, 0) is 43.1 Å². The molecule has 2 aromatic rings. The van der Waals surface area contributed by atoms with Crippen LogP contribution in [-0.4, -0.2) is 6.54 Å². The van der Waals surface area contributed by atoms with E-state index in [1.807, 2.05) is 0 Å². The number of aryl methyl sites for hydroxylation is 2. The zero-order valence-corrected chi connectivity index (χ0v) is 10.3. The first-order chi connectivity index (χ1) is 7.76. The maximum absolute atomic E-state index is 5.84. The summed E-state index contributed by atoms with van der Waals surface area (Å²) in [5.74, 6) is 1.06. The van der Waals surface area contributed by atoms with Crippen LogP contribution in [0.2, 0.25) is 0 Å². The van der Waals surface area contributed by atoms with E-state index in [0.29, 0.717) is 0 Å². The van der Waals surface area contributed by atoms with Crippen molar-refractivity contribution in [3.05, 3.63) is 35.1 Å². The predicted octanol–water partition coefficient (Wildman–Crippen LogP) is 3.41. The molecular formula is C14H19NO. The molecule has 1 aromatic carbocycles. The van der Waals surface area contributed by atoms with Gasteiger partial charge in [0.25, 0.3) is 0 Å². The maximum Gasteiger partial charge on any atom is 0.134 e. The van der Waals surface area contributed by atoms with Crippen molar-refractivity contribution in [3.63, 3.8) is 0 Å². The fraction of sp³-hybridized carbons (Fsp3) is 0.429. The molecule has 1 aromatic heterocycles. The van der Waals surface area contributed by atoms with Gasteiger partial charge in [0, 0.05) is 5.39 Å². The van der Waals surface area contributed by atoms with Gasteiger partial charge >= 0.3 is 0 Å². The first kappa shape index (κ1) is 11.2. The largest absolute Gasteiger partial charge is 0.459 e. The summed E-state index contributed by atoms with van der Waals surface area (Å²) < 4.78 is 5.84. The molecule has 1 heterocycles. The zero-order chi connectivity index (χ0) is 11.5. The Morgan fingerprint density at radius 2 is 2.06 bits per heavy atom. The number of fused-ring (bicyclic) bond motifs is 1. The summed E-state index contributed by atoms with van der Waals surface area (Å²) in [6.07, 6.45) is 1.07. The molecule has 0 fully saturated rings. The van der Waals surface area contributed by atoms with E-state index in [4.69, 9.17) is 4.42 Å². The van der Waals surface area contributed by atoms with E-state index < -0.39 is 0 Å². The van der Waals surface area contributed by atoms with Gasteiger partial charge in [-0.3, -0.25) is 0 Å². The molecule has 16 heavy (non-hydrogen) atoms. The second kappa shape index (κ2) is 4.71. The Kier molecular flexibility index (Phi) is 3.30. The highest BCUT2D eigenvalue weighted by Gasteiger charge is 2.09. The quantitative estimate of drug-likeness (QED) is 0.849. The van der Waals surface area contributed by atoms with Crippen molar-refractivity contribution in [3.8, 4) is 0 Å². The number of hydrogen-bond acceptors (Lipinski definition) is 2. The molecule has 2 heteroatoms. The molecule has 2 rings (SSSR count). The predicted molar refractivity (Wildman–Crippen MR) is 67.7 cm³/mol. The van der Waals surface area contributed by atoms with E-state index in [1.165, 1.54) is 16.5 Å². The minimum Gasteiger partial charge on any atom is -0.459 e. The minimum absolute atomic E-state index is 0.818. The molecule has 0 aliphatic carbocycles. The van der Waals surface area contributed by atoms with E-state index in [-0.39, 0.29) is 0 Å². The van der Waals surface area contributed by atoms with Gasteiger partial charge in [0.05, 0.1) is 6.54 Å². The van der Waals surface area contributed by atoms with Crippen LogP contribution < -0.4 is 5.32 Å². The van der Waals surface area contributed by atoms with Crippen molar-refractivity contribution in [2.45, 2.75) is 33.7 Å². The van der Waals surface area contributed by atoms with E-state index in [2.05, 4.69) is 44.3 Å². The van der Waals surface area contributed by atoms with E-state index in [1.54, 1.807) is 0 Å². The number of benzene rings is 1. The summed E-state index contributed by atoms with van der Waals surface area (Å²) in [4.78, 5) is 0. The van der Waals surface area contributed by atoms with Crippen LogP contribution in [0.5, 0.6) is 0 Å². The summed E-state index contributed by atoms with van der Waals surface area (Å²) in [6, 6.07) is 6.46. The van der Waals surface area contributed by atoms with Crippen molar-refractivity contribution < 1.29 is 4.42 Å². The molecule has 0 unspecified atom stereocenters. The van der Waals surface area contributed by atoms with Gasteiger partial charge < -0.3 is 9.73 Å². The molecule has 0 saturated carbocycles. The van der Waals surface area contributed by atoms with Crippen molar-refractivity contribution in [1.82, 2.24) is 5.32 Å². The van der Waals surface area contributed by atoms with Gasteiger partial charge in [0.15, 0.2) is 0 Å². The van der Waals surface area contributed by atoms with Gasteiger partial charge in [-0.2, -0.15) is 0 Å². The molecule has 0 amide bonds. The number of rotatable bonds is 4. The van der Waals surface area contributed by atoms with Crippen LogP contribution in [0.3, 0.4) is 0 Å². The Balaban J connectivity index is 2.42. The summed E-state index contributed by atoms with van der Waals surface area (Å²) in [6.45, 7) is 8.20. The first-order valence-corrected chi connectivity index (χ1v) is 5.97. The average Bonchev–Trinajstić information content (AvgIpc) is 2.63. The van der Waals surface area contributed by atoms with Crippen LogP contribution in [0.1, 0.15) is 30.7 Å². The second-order valence-corrected chi connectivity index (χ2v) is 4.11. The lowest BCUT2D eigenvalue weighted by Gasteiger charge is -1.98. The minimum atomic E-state index is 0.818. The third-order valence-corrected chi connectivity index (χ3v) is 3.04. The van der Waals surface area contributed by atoms with Crippen molar-refractivity contribution in [2.24, 2.45) is 0 Å². The Bertz CT molecular complexity index is 485. The van der Waals surface area contributed by atoms with Crippen LogP contribution in [-0.2, 0) is 13.0 Å². The second-order valence-electron chi connectivity index (χ2n) is 4.11. The lowest BCUT2D eigenvalue weighted by atomic mass is 10.1. The topological polar surface area (TPSA) is 25.2 Å². The Hall–Kier alpha value is -1.28. The van der Waals surface area contributed by atoms with Gasteiger partial charge in [-0.25, -0.2) is 0 Å². The molecule has 0 aliphatic heterocycles. The third-order valence-electron chi connectivity index (χ3n) is 3.04. The molecule has 2 nitrogen and oxygen atoms in total. The van der Waals surface area contributed by atoms with Gasteiger partial charge in [-0.1, -0.05) is 19.9 Å².